The van der Waals surface area contributed by atoms with Gasteiger partial charge in [-0.05, 0) is 43.7 Å². The Hall–Kier alpha value is -1.23. The Morgan fingerprint density at radius 2 is 1.90 bits per heavy atom. The summed E-state index contributed by atoms with van der Waals surface area (Å²) in [6.45, 7) is 2.17. The molecule has 0 spiro atoms. The van der Waals surface area contributed by atoms with Gasteiger partial charge in [0.15, 0.2) is 9.84 Å². The average molecular weight is 297 g/mol. The molecular weight excluding hydrogens is 274 g/mol. The number of hydrogen-bond acceptors (Lipinski definition) is 4. The summed E-state index contributed by atoms with van der Waals surface area (Å²) in [5, 5.41) is -0.306. The quantitative estimate of drug-likeness (QED) is 0.867. The number of nitrogens with two attached hydrogens (primary N) is 1. The number of anilines is 1. The Bertz CT molecular complexity index is 560. The van der Waals surface area contributed by atoms with Crippen LogP contribution in [0.25, 0.3) is 0 Å². The van der Waals surface area contributed by atoms with Crippen LogP contribution in [-0.2, 0) is 9.84 Å². The minimum atomic E-state index is -3.36. The highest BCUT2D eigenvalue weighted by Gasteiger charge is 2.33. The van der Waals surface area contributed by atoms with Gasteiger partial charge in [0.25, 0.3) is 0 Å². The second kappa shape index (κ2) is 6.04. The van der Waals surface area contributed by atoms with Crippen LogP contribution in [-0.4, -0.2) is 20.8 Å². The molecular formula is C15H23NO3S. The van der Waals surface area contributed by atoms with Crippen molar-refractivity contribution in [1.82, 2.24) is 0 Å². The molecule has 2 rings (SSSR count). The molecule has 0 aromatic heterocycles. The van der Waals surface area contributed by atoms with E-state index in [2.05, 4.69) is 6.92 Å². The van der Waals surface area contributed by atoms with Crippen molar-refractivity contribution in [2.75, 3.05) is 12.8 Å². The molecule has 0 aliphatic heterocycles. The molecule has 0 radical (unpaired) electrons. The van der Waals surface area contributed by atoms with Crippen LogP contribution in [0.5, 0.6) is 5.75 Å². The molecule has 1 aliphatic rings. The molecule has 1 aliphatic carbocycles. The van der Waals surface area contributed by atoms with E-state index >= 15 is 0 Å². The average Bonchev–Trinajstić information content (AvgIpc) is 2.47. The van der Waals surface area contributed by atoms with Crippen molar-refractivity contribution >= 4 is 15.5 Å². The van der Waals surface area contributed by atoms with Crippen LogP contribution in [0.15, 0.2) is 23.1 Å². The normalized spacial score (nSPS) is 23.5. The maximum absolute atomic E-state index is 12.7. The summed E-state index contributed by atoms with van der Waals surface area (Å²) in [7, 11) is -1.84. The Kier molecular flexibility index (Phi) is 4.58. The largest absolute Gasteiger partial charge is 0.497 e. The predicted molar refractivity (Wildman–Crippen MR) is 80.6 cm³/mol. The number of nitrogen functional groups attached to an aromatic ring is 1. The zero-order chi connectivity index (χ0) is 14.8. The van der Waals surface area contributed by atoms with Crippen molar-refractivity contribution in [2.24, 2.45) is 5.92 Å². The van der Waals surface area contributed by atoms with Crippen molar-refractivity contribution in [3.05, 3.63) is 18.2 Å². The van der Waals surface area contributed by atoms with Crippen LogP contribution < -0.4 is 10.5 Å². The second-order valence-corrected chi connectivity index (χ2v) is 7.70. The highest BCUT2D eigenvalue weighted by molar-refractivity contribution is 7.92. The molecule has 20 heavy (non-hydrogen) atoms. The molecule has 1 aromatic carbocycles. The van der Waals surface area contributed by atoms with E-state index in [9.17, 15) is 8.42 Å². The summed E-state index contributed by atoms with van der Waals surface area (Å²) in [4.78, 5) is 0.219. The van der Waals surface area contributed by atoms with E-state index < -0.39 is 9.84 Å². The number of hydrogen-bond donors (Lipinski definition) is 1. The fourth-order valence-electron chi connectivity index (χ4n) is 2.92. The number of rotatable bonds is 4. The van der Waals surface area contributed by atoms with E-state index in [4.69, 9.17) is 10.5 Å². The molecule has 0 bridgehead atoms. The van der Waals surface area contributed by atoms with E-state index in [0.29, 0.717) is 17.4 Å². The maximum Gasteiger partial charge on any atom is 0.183 e. The maximum atomic E-state index is 12.7. The first kappa shape index (κ1) is 15.2. The molecule has 0 amide bonds. The Morgan fingerprint density at radius 3 is 2.45 bits per heavy atom. The third kappa shape index (κ3) is 2.92. The monoisotopic (exact) mass is 297 g/mol. The van der Waals surface area contributed by atoms with Crippen LogP contribution in [0.2, 0.25) is 0 Å². The molecule has 0 heterocycles. The first-order valence-corrected chi connectivity index (χ1v) is 8.71. The minimum absolute atomic E-state index is 0.219. The number of ether oxygens (including phenoxy) is 1. The highest BCUT2D eigenvalue weighted by Crippen LogP contribution is 2.35. The topological polar surface area (TPSA) is 69.4 Å². The molecule has 5 heteroatoms. The molecule has 0 unspecified atom stereocenters. The van der Waals surface area contributed by atoms with Gasteiger partial charge in [-0.25, -0.2) is 8.42 Å². The van der Waals surface area contributed by atoms with Gasteiger partial charge in [0.2, 0.25) is 0 Å². The lowest BCUT2D eigenvalue weighted by atomic mass is 9.87. The summed E-state index contributed by atoms with van der Waals surface area (Å²) in [5.74, 6) is 1.20. The van der Waals surface area contributed by atoms with Gasteiger partial charge in [-0.15, -0.1) is 0 Å². The van der Waals surface area contributed by atoms with Crippen LogP contribution in [0, 0.1) is 5.92 Å². The lowest BCUT2D eigenvalue weighted by molar-refractivity contribution is 0.348. The van der Waals surface area contributed by atoms with Crippen molar-refractivity contribution in [2.45, 2.75) is 49.2 Å². The van der Waals surface area contributed by atoms with Gasteiger partial charge in [-0.2, -0.15) is 0 Å². The van der Waals surface area contributed by atoms with Crippen LogP contribution in [0.4, 0.5) is 5.69 Å². The number of sulfone groups is 1. The second-order valence-electron chi connectivity index (χ2n) is 5.50. The van der Waals surface area contributed by atoms with Gasteiger partial charge in [-0.1, -0.05) is 13.3 Å². The fourth-order valence-corrected chi connectivity index (χ4v) is 4.85. The zero-order valence-electron chi connectivity index (χ0n) is 12.1. The standard InChI is InChI=1S/C15H23NO3S/c1-3-11-4-7-13(8-5-11)20(17,18)15-10-12(19-2)6-9-14(15)16/h6,9-11,13H,3-5,7-8,16H2,1-2H3. The summed E-state index contributed by atoms with van der Waals surface area (Å²) in [6, 6.07) is 4.82. The Labute approximate surface area is 121 Å². The van der Waals surface area contributed by atoms with E-state index in [1.54, 1.807) is 12.1 Å². The first-order valence-electron chi connectivity index (χ1n) is 7.16. The van der Waals surface area contributed by atoms with E-state index in [1.807, 2.05) is 0 Å². The molecule has 2 N–H and O–H groups in total. The molecule has 1 fully saturated rings. The van der Waals surface area contributed by atoms with Crippen molar-refractivity contribution in [3.63, 3.8) is 0 Å². The molecule has 0 atom stereocenters. The lowest BCUT2D eigenvalue weighted by Gasteiger charge is -2.28. The fraction of sp³-hybridized carbons (Fsp3) is 0.600. The van der Waals surface area contributed by atoms with Gasteiger partial charge in [-0.3, -0.25) is 0 Å². The molecule has 1 aromatic rings. The third-order valence-corrected chi connectivity index (χ3v) is 6.65. The first-order chi connectivity index (χ1) is 9.48. The van der Waals surface area contributed by atoms with Gasteiger partial charge < -0.3 is 10.5 Å². The number of methoxy groups -OCH3 is 1. The third-order valence-electron chi connectivity index (χ3n) is 4.34. The van der Waals surface area contributed by atoms with Crippen molar-refractivity contribution in [3.8, 4) is 5.75 Å². The molecule has 0 saturated heterocycles. The SMILES string of the molecule is CCC1CCC(S(=O)(=O)c2cc(OC)ccc2N)CC1. The van der Waals surface area contributed by atoms with Gasteiger partial charge in [0.05, 0.1) is 22.9 Å². The van der Waals surface area contributed by atoms with Crippen molar-refractivity contribution in [1.29, 1.82) is 0 Å². The van der Waals surface area contributed by atoms with Gasteiger partial charge >= 0.3 is 0 Å². The molecule has 1 saturated carbocycles. The molecule has 112 valence electrons. The minimum Gasteiger partial charge on any atom is -0.497 e. The summed E-state index contributed by atoms with van der Waals surface area (Å²) < 4.78 is 30.6. The highest BCUT2D eigenvalue weighted by atomic mass is 32.2. The Balaban J connectivity index is 2.27. The van der Waals surface area contributed by atoms with Crippen LogP contribution >= 0.6 is 0 Å². The Morgan fingerprint density at radius 1 is 1.25 bits per heavy atom. The van der Waals surface area contributed by atoms with Crippen molar-refractivity contribution < 1.29 is 13.2 Å². The molecule has 4 nitrogen and oxygen atoms in total. The van der Waals surface area contributed by atoms with E-state index in [-0.39, 0.29) is 10.1 Å². The van der Waals surface area contributed by atoms with Gasteiger partial charge in [0, 0.05) is 6.07 Å². The lowest BCUT2D eigenvalue weighted by Crippen LogP contribution is -2.27. The zero-order valence-corrected chi connectivity index (χ0v) is 12.9. The van der Waals surface area contributed by atoms with Gasteiger partial charge in [0.1, 0.15) is 5.75 Å². The van der Waals surface area contributed by atoms with E-state index in [1.165, 1.54) is 13.2 Å². The van der Waals surface area contributed by atoms with Crippen LogP contribution in [0.1, 0.15) is 39.0 Å². The summed E-state index contributed by atoms with van der Waals surface area (Å²) in [5.41, 5.74) is 6.16. The van der Waals surface area contributed by atoms with E-state index in [0.717, 1.165) is 32.1 Å². The van der Waals surface area contributed by atoms with Crippen LogP contribution in [0.3, 0.4) is 0 Å². The number of benzene rings is 1. The summed E-state index contributed by atoms with van der Waals surface area (Å²) in [6.07, 6.45) is 4.58. The smallest absolute Gasteiger partial charge is 0.183 e. The predicted octanol–water partition coefficient (Wildman–Crippen LogP) is 3.02. The summed E-state index contributed by atoms with van der Waals surface area (Å²) >= 11 is 0.